The third-order valence-corrected chi connectivity index (χ3v) is 10.7. The standard InChI is InChI=1S/C25H28O9/c1-9(2)23-16(33-23)17-25(34-17)22(3)5-4-10-13(8-30-19(10)28)14(22)7-15-24(25,32-15)21(23)31-20(29)12-6-11(12)18(26)27/h9,11-12,14-17,21H,4-8H2,1-3H3,(H,26,27)/t11-,12+,14-,15-,16-,17+,21+,22-,23+,24+,25+/m0/s1. The molecule has 0 aromatic carbocycles. The van der Waals surface area contributed by atoms with Gasteiger partial charge >= 0.3 is 17.9 Å². The van der Waals surface area contributed by atoms with Crippen LogP contribution in [0.15, 0.2) is 11.1 Å². The van der Waals surface area contributed by atoms with Gasteiger partial charge in [0.1, 0.15) is 30.0 Å². The second-order valence-electron chi connectivity index (χ2n) is 12.1. The number of carbonyl (C=O) groups is 3. The third kappa shape index (κ3) is 1.88. The van der Waals surface area contributed by atoms with Gasteiger partial charge in [-0.3, -0.25) is 9.59 Å². The molecule has 4 aliphatic carbocycles. The number of esters is 2. The number of hydrogen-bond acceptors (Lipinski definition) is 8. The van der Waals surface area contributed by atoms with Crippen molar-refractivity contribution in [2.45, 2.75) is 87.7 Å². The molecule has 6 fully saturated rings. The lowest BCUT2D eigenvalue weighted by Crippen LogP contribution is -2.70. The van der Waals surface area contributed by atoms with E-state index in [-0.39, 0.29) is 41.5 Å². The zero-order valence-electron chi connectivity index (χ0n) is 19.4. The molecule has 3 saturated carbocycles. The van der Waals surface area contributed by atoms with Gasteiger partial charge in [0.15, 0.2) is 11.7 Å². The molecular weight excluding hydrogens is 444 g/mol. The van der Waals surface area contributed by atoms with Crippen LogP contribution in [0.1, 0.15) is 46.5 Å². The molecule has 4 aliphatic heterocycles. The van der Waals surface area contributed by atoms with Crippen molar-refractivity contribution in [1.29, 1.82) is 0 Å². The summed E-state index contributed by atoms with van der Waals surface area (Å²) in [5, 5.41) is 9.31. The molecule has 0 amide bonds. The SMILES string of the molecule is CC(C)[C@@]12O[C@H]1[C@H]1O[C@]13[C@]1(O[C@H]1C[C@H]1C4=C(CC[C@@]13C)C(=O)OC4)[C@@H]2OC(=O)[C@@H]1C[C@@H]1C(=O)O. The van der Waals surface area contributed by atoms with Gasteiger partial charge in [-0.15, -0.1) is 0 Å². The van der Waals surface area contributed by atoms with Crippen LogP contribution in [-0.2, 0) is 38.1 Å². The van der Waals surface area contributed by atoms with E-state index in [1.807, 2.05) is 0 Å². The minimum absolute atomic E-state index is 0.0678. The molecule has 8 aliphatic rings. The Balaban J connectivity index is 1.21. The van der Waals surface area contributed by atoms with Crippen molar-refractivity contribution < 1.29 is 43.2 Å². The summed E-state index contributed by atoms with van der Waals surface area (Å²) in [6, 6.07) is 0. The highest BCUT2D eigenvalue weighted by molar-refractivity contribution is 5.92. The number of hydrogen-bond donors (Lipinski definition) is 1. The maximum absolute atomic E-state index is 13.1. The fraction of sp³-hybridized carbons (Fsp3) is 0.800. The fourth-order valence-corrected chi connectivity index (χ4v) is 8.77. The van der Waals surface area contributed by atoms with Gasteiger partial charge in [-0.25, -0.2) is 4.79 Å². The molecular formula is C25H28O9. The van der Waals surface area contributed by atoms with Crippen LogP contribution in [0, 0.1) is 29.1 Å². The van der Waals surface area contributed by atoms with E-state index in [1.54, 1.807) is 0 Å². The van der Waals surface area contributed by atoms with Crippen molar-refractivity contribution >= 4 is 17.9 Å². The van der Waals surface area contributed by atoms with E-state index in [0.717, 1.165) is 24.0 Å². The lowest BCUT2D eigenvalue weighted by atomic mass is 9.46. The molecule has 1 N–H and O–H groups in total. The number of carboxylic acids is 1. The van der Waals surface area contributed by atoms with E-state index in [1.165, 1.54) is 0 Å². The smallest absolute Gasteiger partial charge is 0.334 e. The Morgan fingerprint density at radius 2 is 1.91 bits per heavy atom. The highest BCUT2D eigenvalue weighted by Crippen LogP contribution is 2.83. The summed E-state index contributed by atoms with van der Waals surface area (Å²) in [5.41, 5.74) is -0.545. The molecule has 8 rings (SSSR count). The highest BCUT2D eigenvalue weighted by Gasteiger charge is 3.01. The van der Waals surface area contributed by atoms with Gasteiger partial charge < -0.3 is 28.8 Å². The lowest BCUT2D eigenvalue weighted by Gasteiger charge is -2.53. The van der Waals surface area contributed by atoms with E-state index >= 15 is 0 Å². The minimum Gasteiger partial charge on any atom is -0.481 e. The summed E-state index contributed by atoms with van der Waals surface area (Å²) in [5.74, 6) is -2.75. The quantitative estimate of drug-likeness (QED) is 0.477. The molecule has 34 heavy (non-hydrogen) atoms. The molecule has 0 aromatic heterocycles. The summed E-state index contributed by atoms with van der Waals surface area (Å²) in [6.07, 6.45) is 1.29. The second-order valence-corrected chi connectivity index (χ2v) is 12.1. The van der Waals surface area contributed by atoms with Crippen molar-refractivity contribution in [3.05, 3.63) is 11.1 Å². The molecule has 0 aromatic rings. The summed E-state index contributed by atoms with van der Waals surface area (Å²) in [4.78, 5) is 36.8. The maximum Gasteiger partial charge on any atom is 0.334 e. The van der Waals surface area contributed by atoms with Gasteiger partial charge in [0.25, 0.3) is 0 Å². The number of epoxide rings is 3. The average molecular weight is 472 g/mol. The molecule has 0 unspecified atom stereocenters. The molecule has 0 radical (unpaired) electrons. The van der Waals surface area contributed by atoms with Gasteiger partial charge in [0.2, 0.25) is 0 Å². The van der Waals surface area contributed by atoms with Crippen LogP contribution in [0.5, 0.6) is 0 Å². The summed E-state index contributed by atoms with van der Waals surface area (Å²) in [7, 11) is 0. The molecule has 3 saturated heterocycles. The van der Waals surface area contributed by atoms with Crippen molar-refractivity contribution in [2.24, 2.45) is 29.1 Å². The van der Waals surface area contributed by atoms with Crippen molar-refractivity contribution in [2.75, 3.05) is 6.61 Å². The van der Waals surface area contributed by atoms with Crippen LogP contribution >= 0.6 is 0 Å². The highest BCUT2D eigenvalue weighted by atomic mass is 16.8. The van der Waals surface area contributed by atoms with Gasteiger partial charge in [-0.2, -0.15) is 0 Å². The molecule has 4 heterocycles. The van der Waals surface area contributed by atoms with Gasteiger partial charge in [-0.05, 0) is 43.1 Å². The first-order valence-corrected chi connectivity index (χ1v) is 12.5. The normalized spacial score (nSPS) is 56.7. The van der Waals surface area contributed by atoms with Gasteiger partial charge in [0, 0.05) is 11.0 Å². The van der Waals surface area contributed by atoms with Crippen LogP contribution in [-0.4, -0.2) is 70.8 Å². The molecule has 9 heteroatoms. The zero-order chi connectivity index (χ0) is 23.6. The molecule has 11 atom stereocenters. The zero-order valence-corrected chi connectivity index (χ0v) is 19.4. The largest absolute Gasteiger partial charge is 0.481 e. The number of ether oxygens (including phenoxy) is 5. The number of fused-ring (bicyclic) bond motifs is 4. The summed E-state index contributed by atoms with van der Waals surface area (Å²) in [6.45, 7) is 6.69. The van der Waals surface area contributed by atoms with E-state index in [4.69, 9.17) is 23.7 Å². The Kier molecular flexibility index (Phi) is 3.30. The van der Waals surface area contributed by atoms with Crippen LogP contribution in [0.25, 0.3) is 0 Å². The third-order valence-electron chi connectivity index (χ3n) is 10.7. The van der Waals surface area contributed by atoms with Crippen LogP contribution in [0.4, 0.5) is 0 Å². The Morgan fingerprint density at radius 3 is 2.62 bits per heavy atom. The number of carboxylic acid groups (broad SMARTS) is 1. The molecule has 2 spiro atoms. The molecule has 0 bridgehead atoms. The van der Waals surface area contributed by atoms with Crippen LogP contribution < -0.4 is 0 Å². The van der Waals surface area contributed by atoms with Crippen molar-refractivity contribution in [3.8, 4) is 0 Å². The Hall–Kier alpha value is -1.97. The Labute approximate surface area is 196 Å². The topological polar surface area (TPSA) is 127 Å². The van der Waals surface area contributed by atoms with Gasteiger partial charge in [-0.1, -0.05) is 20.8 Å². The van der Waals surface area contributed by atoms with E-state index < -0.39 is 46.7 Å². The van der Waals surface area contributed by atoms with Crippen molar-refractivity contribution in [1.82, 2.24) is 0 Å². The lowest BCUT2D eigenvalue weighted by molar-refractivity contribution is -0.171. The molecule has 9 nitrogen and oxygen atoms in total. The summed E-state index contributed by atoms with van der Waals surface area (Å²) >= 11 is 0. The van der Waals surface area contributed by atoms with E-state index in [0.29, 0.717) is 19.4 Å². The first kappa shape index (κ1) is 20.2. The minimum atomic E-state index is -0.960. The van der Waals surface area contributed by atoms with Crippen LogP contribution in [0.3, 0.4) is 0 Å². The average Bonchev–Trinajstić information content (AvgIpc) is 3.62. The first-order chi connectivity index (χ1) is 16.1. The number of aliphatic carboxylic acids is 1. The van der Waals surface area contributed by atoms with Crippen molar-refractivity contribution in [3.63, 3.8) is 0 Å². The number of cyclic esters (lactones) is 1. The fourth-order valence-electron chi connectivity index (χ4n) is 8.77. The molecule has 182 valence electrons. The Morgan fingerprint density at radius 1 is 1.12 bits per heavy atom. The predicted octanol–water partition coefficient (Wildman–Crippen LogP) is 1.37. The van der Waals surface area contributed by atoms with Crippen LogP contribution in [0.2, 0.25) is 0 Å². The Bertz CT molecular complexity index is 1130. The summed E-state index contributed by atoms with van der Waals surface area (Å²) < 4.78 is 31.2. The predicted molar refractivity (Wildman–Crippen MR) is 110 cm³/mol. The monoisotopic (exact) mass is 472 g/mol. The number of carbonyl (C=O) groups excluding carboxylic acids is 2. The maximum atomic E-state index is 13.1. The first-order valence-electron chi connectivity index (χ1n) is 12.5. The van der Waals surface area contributed by atoms with E-state index in [9.17, 15) is 19.5 Å². The van der Waals surface area contributed by atoms with Gasteiger partial charge in [0.05, 0.1) is 17.9 Å². The number of rotatable bonds is 4. The second kappa shape index (κ2) is 5.55. The van der Waals surface area contributed by atoms with E-state index in [2.05, 4.69) is 20.8 Å².